The maximum atomic E-state index is 9.73. The van der Waals surface area contributed by atoms with E-state index in [0.29, 0.717) is 5.75 Å². The summed E-state index contributed by atoms with van der Waals surface area (Å²) in [6, 6.07) is 16.5. The zero-order valence-electron chi connectivity index (χ0n) is 12.7. The second-order valence-corrected chi connectivity index (χ2v) is 6.43. The van der Waals surface area contributed by atoms with Crippen molar-refractivity contribution in [1.29, 1.82) is 0 Å². The van der Waals surface area contributed by atoms with Crippen molar-refractivity contribution in [3.63, 3.8) is 0 Å². The van der Waals surface area contributed by atoms with Crippen molar-refractivity contribution in [2.75, 3.05) is 0 Å². The molecule has 0 bridgehead atoms. The van der Waals surface area contributed by atoms with Gasteiger partial charge in [-0.3, -0.25) is 0 Å². The van der Waals surface area contributed by atoms with E-state index in [1.54, 1.807) is 6.07 Å². The average Bonchev–Trinajstić information content (AvgIpc) is 2.40. The minimum Gasteiger partial charge on any atom is -0.508 e. The summed E-state index contributed by atoms with van der Waals surface area (Å²) in [6.45, 7) is 6.71. The standard InChI is InChI=1S/C19H24O/c1-19(2,3)17-13-11-15(12-14-17)7-6-9-16-8-4-5-10-18(16)20/h4-5,8,10-14,20H,6-7,9H2,1-3H3. The van der Waals surface area contributed by atoms with E-state index in [2.05, 4.69) is 45.0 Å². The summed E-state index contributed by atoms with van der Waals surface area (Å²) in [6.07, 6.45) is 3.04. The number of aromatic hydroxyl groups is 1. The average molecular weight is 268 g/mol. The van der Waals surface area contributed by atoms with Gasteiger partial charge in [0, 0.05) is 0 Å². The molecule has 2 rings (SSSR count). The molecule has 20 heavy (non-hydrogen) atoms. The number of phenols is 1. The molecule has 0 aliphatic rings. The zero-order chi connectivity index (χ0) is 14.6. The normalized spacial score (nSPS) is 11.6. The van der Waals surface area contributed by atoms with E-state index in [4.69, 9.17) is 0 Å². The topological polar surface area (TPSA) is 20.2 Å². The summed E-state index contributed by atoms with van der Waals surface area (Å²) in [7, 11) is 0. The van der Waals surface area contributed by atoms with Crippen molar-refractivity contribution in [3.8, 4) is 5.75 Å². The number of rotatable bonds is 4. The Morgan fingerprint density at radius 3 is 2.10 bits per heavy atom. The van der Waals surface area contributed by atoms with Crippen LogP contribution in [-0.4, -0.2) is 5.11 Å². The van der Waals surface area contributed by atoms with Gasteiger partial charge in [0.2, 0.25) is 0 Å². The van der Waals surface area contributed by atoms with Crippen molar-refractivity contribution in [3.05, 3.63) is 65.2 Å². The lowest BCUT2D eigenvalue weighted by Crippen LogP contribution is -2.10. The highest BCUT2D eigenvalue weighted by Crippen LogP contribution is 2.23. The molecule has 1 heteroatoms. The first kappa shape index (κ1) is 14.6. The van der Waals surface area contributed by atoms with Crippen molar-refractivity contribution in [2.24, 2.45) is 0 Å². The first-order valence-corrected chi connectivity index (χ1v) is 7.33. The summed E-state index contributed by atoms with van der Waals surface area (Å²) in [4.78, 5) is 0. The van der Waals surface area contributed by atoms with E-state index in [0.717, 1.165) is 24.8 Å². The fourth-order valence-corrected chi connectivity index (χ4v) is 2.38. The molecule has 2 aromatic rings. The van der Waals surface area contributed by atoms with E-state index in [1.165, 1.54) is 11.1 Å². The molecular weight excluding hydrogens is 244 g/mol. The largest absolute Gasteiger partial charge is 0.508 e. The quantitative estimate of drug-likeness (QED) is 0.839. The molecular formula is C19H24O. The van der Waals surface area contributed by atoms with Crippen LogP contribution in [0, 0.1) is 0 Å². The van der Waals surface area contributed by atoms with Crippen LogP contribution in [0.2, 0.25) is 0 Å². The molecule has 0 amide bonds. The third-order valence-electron chi connectivity index (χ3n) is 3.72. The Bertz CT molecular complexity index is 547. The SMILES string of the molecule is CC(C)(C)c1ccc(CCCc2ccccc2O)cc1. The van der Waals surface area contributed by atoms with Crippen molar-refractivity contribution in [2.45, 2.75) is 45.4 Å². The monoisotopic (exact) mass is 268 g/mol. The second kappa shape index (κ2) is 6.13. The van der Waals surface area contributed by atoms with Crippen LogP contribution in [0.4, 0.5) is 0 Å². The predicted molar refractivity (Wildman–Crippen MR) is 85.3 cm³/mol. The molecule has 0 radical (unpaired) electrons. The van der Waals surface area contributed by atoms with E-state index in [1.807, 2.05) is 18.2 Å². The fraction of sp³-hybridized carbons (Fsp3) is 0.368. The van der Waals surface area contributed by atoms with Crippen LogP contribution < -0.4 is 0 Å². The molecule has 0 fully saturated rings. The van der Waals surface area contributed by atoms with E-state index >= 15 is 0 Å². The molecule has 0 saturated heterocycles. The Kier molecular flexibility index (Phi) is 4.49. The molecule has 0 saturated carbocycles. The van der Waals surface area contributed by atoms with Crippen LogP contribution >= 0.6 is 0 Å². The highest BCUT2D eigenvalue weighted by Gasteiger charge is 2.12. The number of phenolic OH excluding ortho intramolecular Hbond substituents is 1. The van der Waals surface area contributed by atoms with Gasteiger partial charge in [-0.1, -0.05) is 63.2 Å². The van der Waals surface area contributed by atoms with Gasteiger partial charge < -0.3 is 5.11 Å². The Morgan fingerprint density at radius 2 is 1.50 bits per heavy atom. The molecule has 0 atom stereocenters. The molecule has 0 aliphatic heterocycles. The van der Waals surface area contributed by atoms with Gasteiger partial charge in [-0.05, 0) is 47.4 Å². The fourth-order valence-electron chi connectivity index (χ4n) is 2.38. The van der Waals surface area contributed by atoms with Gasteiger partial charge in [-0.2, -0.15) is 0 Å². The first-order chi connectivity index (χ1) is 9.47. The van der Waals surface area contributed by atoms with Gasteiger partial charge in [0.1, 0.15) is 5.75 Å². The smallest absolute Gasteiger partial charge is 0.118 e. The lowest BCUT2D eigenvalue weighted by molar-refractivity contribution is 0.467. The molecule has 0 aliphatic carbocycles. The minimum absolute atomic E-state index is 0.217. The van der Waals surface area contributed by atoms with Gasteiger partial charge in [0.15, 0.2) is 0 Å². The highest BCUT2D eigenvalue weighted by atomic mass is 16.3. The first-order valence-electron chi connectivity index (χ1n) is 7.33. The molecule has 0 unspecified atom stereocenters. The van der Waals surface area contributed by atoms with Crippen molar-refractivity contribution >= 4 is 0 Å². The van der Waals surface area contributed by atoms with E-state index < -0.39 is 0 Å². The highest BCUT2D eigenvalue weighted by molar-refractivity contribution is 5.32. The third-order valence-corrected chi connectivity index (χ3v) is 3.72. The van der Waals surface area contributed by atoms with Crippen LogP contribution in [0.3, 0.4) is 0 Å². The predicted octanol–water partition coefficient (Wildman–Crippen LogP) is 4.87. The molecule has 0 spiro atoms. The van der Waals surface area contributed by atoms with E-state index in [-0.39, 0.29) is 5.41 Å². The van der Waals surface area contributed by atoms with Crippen LogP contribution in [-0.2, 0) is 18.3 Å². The summed E-state index contributed by atoms with van der Waals surface area (Å²) in [5, 5.41) is 9.73. The Morgan fingerprint density at radius 1 is 0.850 bits per heavy atom. The van der Waals surface area contributed by atoms with Gasteiger partial charge in [-0.25, -0.2) is 0 Å². The lowest BCUT2D eigenvalue weighted by atomic mass is 9.86. The summed E-state index contributed by atoms with van der Waals surface area (Å²) < 4.78 is 0. The number of hydrogen-bond donors (Lipinski definition) is 1. The molecule has 0 aromatic heterocycles. The van der Waals surface area contributed by atoms with Crippen LogP contribution in [0.5, 0.6) is 5.75 Å². The minimum atomic E-state index is 0.217. The third kappa shape index (κ3) is 3.86. The number of hydrogen-bond acceptors (Lipinski definition) is 1. The van der Waals surface area contributed by atoms with Crippen LogP contribution in [0.15, 0.2) is 48.5 Å². The molecule has 2 aromatic carbocycles. The maximum absolute atomic E-state index is 9.73. The molecule has 1 N–H and O–H groups in total. The van der Waals surface area contributed by atoms with Gasteiger partial charge in [0.25, 0.3) is 0 Å². The molecule has 106 valence electrons. The Labute approximate surface area is 122 Å². The molecule has 0 heterocycles. The zero-order valence-corrected chi connectivity index (χ0v) is 12.7. The Balaban J connectivity index is 1.90. The van der Waals surface area contributed by atoms with Crippen LogP contribution in [0.1, 0.15) is 43.9 Å². The summed E-state index contributed by atoms with van der Waals surface area (Å²) >= 11 is 0. The summed E-state index contributed by atoms with van der Waals surface area (Å²) in [5.74, 6) is 0.413. The van der Waals surface area contributed by atoms with Gasteiger partial charge >= 0.3 is 0 Å². The number of aryl methyl sites for hydroxylation is 2. The van der Waals surface area contributed by atoms with E-state index in [9.17, 15) is 5.11 Å². The molecule has 1 nitrogen and oxygen atoms in total. The number of para-hydroxylation sites is 1. The lowest BCUT2D eigenvalue weighted by Gasteiger charge is -2.19. The van der Waals surface area contributed by atoms with Gasteiger partial charge in [-0.15, -0.1) is 0 Å². The second-order valence-electron chi connectivity index (χ2n) is 6.43. The maximum Gasteiger partial charge on any atom is 0.118 e. The summed E-state index contributed by atoms with van der Waals surface area (Å²) in [5.41, 5.74) is 4.00. The van der Waals surface area contributed by atoms with Gasteiger partial charge in [0.05, 0.1) is 0 Å². The number of benzene rings is 2. The van der Waals surface area contributed by atoms with Crippen molar-refractivity contribution in [1.82, 2.24) is 0 Å². The van der Waals surface area contributed by atoms with Crippen molar-refractivity contribution < 1.29 is 5.11 Å². The van der Waals surface area contributed by atoms with Crippen LogP contribution in [0.25, 0.3) is 0 Å². The Hall–Kier alpha value is -1.76.